The van der Waals surface area contributed by atoms with Crippen LogP contribution in [0.1, 0.15) is 79.1 Å². The first kappa shape index (κ1) is 21.1. The van der Waals surface area contributed by atoms with Gasteiger partial charge in [-0.05, 0) is 0 Å². The van der Waals surface area contributed by atoms with Crippen LogP contribution in [0.5, 0.6) is 0 Å². The molecular weight excluding hydrogens is 413 g/mol. The van der Waals surface area contributed by atoms with E-state index < -0.39 is 34.9 Å². The van der Waals surface area contributed by atoms with E-state index in [-0.39, 0.29) is 0 Å². The molecule has 0 nitrogen and oxygen atoms in total. The standard InChI is InChI=1S/C10H20As.2C4H9.Sb/c1-4-7-9-11(6-3)10-8-5-2;2*1-3-4-2;/h3,6H,4-5,7-10H2,1-2H3;2*1,3-4H2,2H3;. The Morgan fingerprint density at radius 3 is 1.55 bits per heavy atom. The van der Waals surface area contributed by atoms with E-state index in [9.17, 15) is 0 Å². The van der Waals surface area contributed by atoms with Gasteiger partial charge >= 0.3 is 142 Å². The number of hydrogen-bond donors (Lipinski definition) is 0. The number of rotatable bonds is 14. The summed E-state index contributed by atoms with van der Waals surface area (Å²) in [6, 6.07) is 0. The van der Waals surface area contributed by atoms with Crippen LogP contribution >= 0.6 is 0 Å². The van der Waals surface area contributed by atoms with E-state index in [2.05, 4.69) is 36.6 Å². The van der Waals surface area contributed by atoms with Crippen molar-refractivity contribution in [1.82, 2.24) is 0 Å². The van der Waals surface area contributed by atoms with Gasteiger partial charge in [0.05, 0.1) is 0 Å². The van der Waals surface area contributed by atoms with Gasteiger partial charge in [-0.15, -0.1) is 0 Å². The second-order valence-corrected chi connectivity index (χ2v) is 17.5. The summed E-state index contributed by atoms with van der Waals surface area (Å²) in [4.78, 5) is 2.81. The molecule has 0 saturated carbocycles. The summed E-state index contributed by atoms with van der Waals surface area (Å²) >= 11 is -1.59. The molecule has 0 aliphatic carbocycles. The third-order valence-corrected chi connectivity index (χ3v) is 16.9. The van der Waals surface area contributed by atoms with Crippen LogP contribution in [0.3, 0.4) is 0 Å². The average molecular weight is 451 g/mol. The summed E-state index contributed by atoms with van der Waals surface area (Å²) in [7, 11) is 0. The van der Waals surface area contributed by atoms with Gasteiger partial charge in [0, 0.05) is 0 Å². The van der Waals surface area contributed by atoms with Gasteiger partial charge < -0.3 is 0 Å². The van der Waals surface area contributed by atoms with E-state index >= 15 is 0 Å². The van der Waals surface area contributed by atoms with Crippen LogP contribution < -0.4 is 0 Å². The molecule has 0 amide bonds. The maximum atomic E-state index is 2.83. The van der Waals surface area contributed by atoms with Crippen LogP contribution in [0.4, 0.5) is 0 Å². The number of hydrogen-bond acceptors (Lipinski definition) is 0. The zero-order valence-electron chi connectivity index (χ0n) is 14.5. The summed E-state index contributed by atoms with van der Waals surface area (Å²) in [5.74, 6) is 0. The quantitative estimate of drug-likeness (QED) is 0.255. The van der Waals surface area contributed by atoms with Crippen LogP contribution in [-0.2, 0) is 0 Å². The molecule has 0 unspecified atom stereocenters. The molecule has 0 bridgehead atoms. The van der Waals surface area contributed by atoms with Gasteiger partial charge in [-0.3, -0.25) is 0 Å². The molecule has 0 aliphatic rings. The Morgan fingerprint density at radius 2 is 1.15 bits per heavy atom. The van der Waals surface area contributed by atoms with Crippen LogP contribution in [0, 0.1) is 0 Å². The topological polar surface area (TPSA) is 0 Å². The van der Waals surface area contributed by atoms with Crippen molar-refractivity contribution in [2.24, 2.45) is 0 Å². The molecule has 0 radical (unpaired) electrons. The molecule has 0 rings (SSSR count). The fourth-order valence-corrected chi connectivity index (χ4v) is 18.3. The van der Waals surface area contributed by atoms with E-state index in [0.29, 0.717) is 0 Å². The summed E-state index contributed by atoms with van der Waals surface area (Å²) in [6.45, 7) is 9.39. The third-order valence-electron chi connectivity index (χ3n) is 3.68. The molecular formula is C18H38AsSb. The number of unbranched alkanes of at least 4 members (excludes halogenated alkanes) is 4. The fourth-order valence-electron chi connectivity index (χ4n) is 2.16. The van der Waals surface area contributed by atoms with Gasteiger partial charge in [0.1, 0.15) is 0 Å². The second-order valence-electron chi connectivity index (χ2n) is 5.78. The van der Waals surface area contributed by atoms with Crippen LogP contribution in [0.25, 0.3) is 0 Å². The Bertz CT molecular complexity index is 177. The van der Waals surface area contributed by atoms with Crippen molar-refractivity contribution in [2.75, 3.05) is 0 Å². The second kappa shape index (κ2) is 16.5. The van der Waals surface area contributed by atoms with Crippen molar-refractivity contribution in [1.29, 1.82) is 0 Å². The average Bonchev–Trinajstić information content (AvgIpc) is 2.48. The molecule has 0 heterocycles. The van der Waals surface area contributed by atoms with Crippen molar-refractivity contribution >= 4 is 34.9 Å². The van der Waals surface area contributed by atoms with E-state index in [1.807, 2.05) is 0 Å². The molecule has 0 aromatic rings. The van der Waals surface area contributed by atoms with E-state index in [4.69, 9.17) is 0 Å². The molecule has 0 fully saturated rings. The predicted octanol–water partition coefficient (Wildman–Crippen LogP) is 6.81. The normalized spacial score (nSPS) is 12.1. The summed E-state index contributed by atoms with van der Waals surface area (Å²) < 4.78 is 6.05. The minimum atomic E-state index is -0.992. The van der Waals surface area contributed by atoms with Crippen LogP contribution in [-0.4, -0.2) is 34.9 Å². The van der Waals surface area contributed by atoms with Crippen molar-refractivity contribution in [2.45, 2.75) is 98.2 Å². The molecule has 20 heavy (non-hydrogen) atoms. The Balaban J connectivity index is 4.30. The predicted molar refractivity (Wildman–Crippen MR) is 99.5 cm³/mol. The van der Waals surface area contributed by atoms with Crippen molar-refractivity contribution in [3.8, 4) is 0 Å². The first-order valence-electron chi connectivity index (χ1n) is 8.94. The van der Waals surface area contributed by atoms with Gasteiger partial charge in [0.2, 0.25) is 0 Å². The van der Waals surface area contributed by atoms with E-state index in [1.165, 1.54) is 51.4 Å². The monoisotopic (exact) mass is 450 g/mol. The fraction of sp³-hybridized carbons (Fsp3) is 0.889. The molecule has 2 heteroatoms. The maximum absolute atomic E-state index is 2.83. The van der Waals surface area contributed by atoms with Gasteiger partial charge in [-0.2, -0.15) is 0 Å². The Morgan fingerprint density at radius 1 is 0.700 bits per heavy atom. The zero-order valence-corrected chi connectivity index (χ0v) is 19.0. The molecule has 0 N–H and O–H groups in total. The molecule has 0 spiro atoms. The van der Waals surface area contributed by atoms with Gasteiger partial charge in [-0.1, -0.05) is 0 Å². The summed E-state index contributed by atoms with van der Waals surface area (Å²) in [6.07, 6.45) is 11.5. The van der Waals surface area contributed by atoms with E-state index in [1.54, 1.807) is 19.2 Å². The van der Waals surface area contributed by atoms with Gasteiger partial charge in [-0.25, -0.2) is 0 Å². The molecule has 0 atom stereocenters. The van der Waals surface area contributed by atoms with Crippen molar-refractivity contribution in [3.05, 3.63) is 8.89 Å². The molecule has 120 valence electrons. The van der Waals surface area contributed by atoms with E-state index in [0.717, 1.165) is 0 Å². The summed E-state index contributed by atoms with van der Waals surface area (Å²) in [5, 5.41) is 3.16. The Hall–Kier alpha value is 1.12. The summed E-state index contributed by atoms with van der Waals surface area (Å²) in [5.41, 5.74) is 0. The van der Waals surface area contributed by atoms with Crippen LogP contribution in [0.2, 0.25) is 19.2 Å². The minimum absolute atomic E-state index is 0.599. The van der Waals surface area contributed by atoms with Crippen molar-refractivity contribution in [3.63, 3.8) is 0 Å². The first-order valence-corrected chi connectivity index (χ1v) is 17.8. The first-order chi connectivity index (χ1) is 9.78. The Kier molecular flexibility index (Phi) is 17.4. The molecule has 0 aromatic carbocycles. The molecule has 0 aliphatic heterocycles. The van der Waals surface area contributed by atoms with Crippen LogP contribution in [0.15, 0.2) is 8.89 Å². The van der Waals surface area contributed by atoms with Gasteiger partial charge in [0.15, 0.2) is 0 Å². The SMILES string of the molecule is CCCC[As](/C=[CH]/[Sb]([CH2]CCC)[CH2]CCC)CCCC. The van der Waals surface area contributed by atoms with Gasteiger partial charge in [0.25, 0.3) is 0 Å². The van der Waals surface area contributed by atoms with Crippen molar-refractivity contribution < 1.29 is 0 Å². The Labute approximate surface area is 141 Å². The third kappa shape index (κ3) is 12.8. The molecule has 0 saturated heterocycles. The molecule has 0 aromatic heterocycles. The zero-order chi connectivity index (χ0) is 15.1.